The molecule has 0 aliphatic carbocycles. The van der Waals surface area contributed by atoms with Gasteiger partial charge in [-0.05, 0) is 55.3 Å². The third-order valence-corrected chi connectivity index (χ3v) is 6.14. The molecule has 0 radical (unpaired) electrons. The first kappa shape index (κ1) is 27.5. The van der Waals surface area contributed by atoms with Gasteiger partial charge in [0.1, 0.15) is 5.56 Å². The lowest BCUT2D eigenvalue weighted by molar-refractivity contribution is 0.0934. The van der Waals surface area contributed by atoms with Gasteiger partial charge in [-0.1, -0.05) is 41.9 Å². The number of hydrogen-bond donors (Lipinski definition) is 2. The summed E-state index contributed by atoms with van der Waals surface area (Å²) < 4.78 is 22.3. The average molecular weight is 550 g/mol. The van der Waals surface area contributed by atoms with Crippen molar-refractivity contribution >= 4 is 34.4 Å². The molecule has 39 heavy (non-hydrogen) atoms. The van der Waals surface area contributed by atoms with Crippen molar-refractivity contribution in [2.45, 2.75) is 13.3 Å². The SMILES string of the molecule is CCOc1cccc2cc(C(=O)NCCc3ccc(OC)c(OC)c3)/c(=N\NC(=O)c3ccccc3Cl)oc12. The molecule has 0 saturated heterocycles. The van der Waals surface area contributed by atoms with Crippen molar-refractivity contribution in [3.05, 3.63) is 94.0 Å². The normalized spacial score (nSPS) is 11.2. The second kappa shape index (κ2) is 12.8. The monoisotopic (exact) mass is 549 g/mol. The van der Waals surface area contributed by atoms with Gasteiger partial charge >= 0.3 is 0 Å². The number of nitrogens with one attached hydrogen (secondary N) is 2. The zero-order chi connectivity index (χ0) is 27.8. The smallest absolute Gasteiger partial charge is 0.272 e. The molecule has 1 aromatic heterocycles. The molecule has 0 fully saturated rings. The van der Waals surface area contributed by atoms with Crippen LogP contribution in [0, 0.1) is 0 Å². The number of para-hydroxylation sites is 1. The van der Waals surface area contributed by atoms with Crippen molar-refractivity contribution in [1.29, 1.82) is 0 Å². The fourth-order valence-electron chi connectivity index (χ4n) is 3.90. The Hall–Kier alpha value is -4.50. The van der Waals surface area contributed by atoms with Gasteiger partial charge in [-0.2, -0.15) is 0 Å². The second-order valence-electron chi connectivity index (χ2n) is 8.30. The standard InChI is InChI=1S/C29H28ClN3O6/c1-4-38-24-11-7-8-19-17-21(27(34)31-15-14-18-12-13-23(36-2)25(16-18)37-3)29(39-26(19)24)33-32-28(35)20-9-5-6-10-22(20)30/h5-13,16-17H,4,14-15H2,1-3H3,(H,31,34)(H,32,35)/b33-29+. The molecule has 3 aromatic carbocycles. The molecule has 4 rings (SSSR count). The Morgan fingerprint density at radius 2 is 1.69 bits per heavy atom. The summed E-state index contributed by atoms with van der Waals surface area (Å²) in [5, 5.41) is 7.93. The van der Waals surface area contributed by atoms with E-state index in [1.807, 2.05) is 25.1 Å². The molecule has 0 spiro atoms. The van der Waals surface area contributed by atoms with E-state index >= 15 is 0 Å². The van der Waals surface area contributed by atoms with Gasteiger partial charge in [0, 0.05) is 11.9 Å². The number of amides is 2. The minimum atomic E-state index is -0.547. The maximum Gasteiger partial charge on any atom is 0.272 e. The van der Waals surface area contributed by atoms with Gasteiger partial charge in [0.2, 0.25) is 5.55 Å². The van der Waals surface area contributed by atoms with Crippen LogP contribution < -0.4 is 30.5 Å². The quantitative estimate of drug-likeness (QED) is 0.277. The Kier molecular flexibility index (Phi) is 9.06. The summed E-state index contributed by atoms with van der Waals surface area (Å²) in [7, 11) is 3.14. The summed E-state index contributed by atoms with van der Waals surface area (Å²) in [5.41, 5.74) is 4.08. The van der Waals surface area contributed by atoms with Crippen molar-refractivity contribution in [1.82, 2.24) is 10.7 Å². The summed E-state index contributed by atoms with van der Waals surface area (Å²) in [6.45, 7) is 2.60. The number of hydrogen-bond acceptors (Lipinski definition) is 7. The van der Waals surface area contributed by atoms with Gasteiger partial charge in [-0.3, -0.25) is 9.59 Å². The van der Waals surface area contributed by atoms with Crippen LogP contribution in [0.25, 0.3) is 11.0 Å². The van der Waals surface area contributed by atoms with Crippen LogP contribution in [-0.2, 0) is 6.42 Å². The van der Waals surface area contributed by atoms with Crippen LogP contribution in [0.15, 0.2) is 76.2 Å². The summed E-state index contributed by atoms with van der Waals surface area (Å²) in [4.78, 5) is 26.0. The highest BCUT2D eigenvalue weighted by Crippen LogP contribution is 2.28. The first-order chi connectivity index (χ1) is 18.9. The largest absolute Gasteiger partial charge is 0.493 e. The molecule has 4 aromatic rings. The fourth-order valence-corrected chi connectivity index (χ4v) is 4.12. The average Bonchev–Trinajstić information content (AvgIpc) is 2.95. The Balaban J connectivity index is 1.62. The first-order valence-electron chi connectivity index (χ1n) is 12.2. The second-order valence-corrected chi connectivity index (χ2v) is 8.71. The minimum Gasteiger partial charge on any atom is -0.493 e. The minimum absolute atomic E-state index is 0.0846. The lowest BCUT2D eigenvalue weighted by atomic mass is 10.1. The van der Waals surface area contributed by atoms with Crippen LogP contribution in [0.5, 0.6) is 17.2 Å². The zero-order valence-electron chi connectivity index (χ0n) is 21.7. The summed E-state index contributed by atoms with van der Waals surface area (Å²) in [5.74, 6) is 0.751. The number of benzene rings is 3. The van der Waals surface area contributed by atoms with Crippen LogP contribution in [0.1, 0.15) is 33.2 Å². The Morgan fingerprint density at radius 3 is 2.44 bits per heavy atom. The van der Waals surface area contributed by atoms with Gasteiger partial charge in [0.25, 0.3) is 11.8 Å². The van der Waals surface area contributed by atoms with Crippen LogP contribution in [0.2, 0.25) is 5.02 Å². The van der Waals surface area contributed by atoms with Gasteiger partial charge in [0.15, 0.2) is 22.8 Å². The maximum atomic E-state index is 13.3. The highest BCUT2D eigenvalue weighted by Gasteiger charge is 2.16. The molecule has 10 heteroatoms. The van der Waals surface area contributed by atoms with E-state index in [9.17, 15) is 9.59 Å². The number of nitrogens with zero attached hydrogens (tertiary/aromatic N) is 1. The van der Waals surface area contributed by atoms with Gasteiger partial charge in [0.05, 0.1) is 31.4 Å². The molecule has 0 atom stereocenters. The van der Waals surface area contributed by atoms with E-state index in [2.05, 4.69) is 15.8 Å². The fraction of sp³-hybridized carbons (Fsp3) is 0.207. The molecule has 2 N–H and O–H groups in total. The molecular weight excluding hydrogens is 522 g/mol. The molecule has 9 nitrogen and oxygen atoms in total. The van der Waals surface area contributed by atoms with E-state index in [1.54, 1.807) is 62.8 Å². The van der Waals surface area contributed by atoms with Crippen LogP contribution >= 0.6 is 11.6 Å². The zero-order valence-corrected chi connectivity index (χ0v) is 22.5. The van der Waals surface area contributed by atoms with E-state index in [4.69, 9.17) is 30.2 Å². The van der Waals surface area contributed by atoms with E-state index in [-0.39, 0.29) is 21.7 Å². The van der Waals surface area contributed by atoms with Gasteiger partial charge in [-0.25, -0.2) is 5.43 Å². The number of fused-ring (bicyclic) bond motifs is 1. The number of rotatable bonds is 10. The van der Waals surface area contributed by atoms with Crippen LogP contribution in [-0.4, -0.2) is 39.2 Å². The topological polar surface area (TPSA) is 111 Å². The lowest BCUT2D eigenvalue weighted by Gasteiger charge is -2.11. The van der Waals surface area contributed by atoms with Crippen LogP contribution in [0.3, 0.4) is 0 Å². The van der Waals surface area contributed by atoms with Crippen molar-refractivity contribution in [2.75, 3.05) is 27.4 Å². The number of carbonyl (C=O) groups excluding carboxylic acids is 2. The third kappa shape index (κ3) is 6.50. The van der Waals surface area contributed by atoms with Crippen molar-refractivity contribution < 1.29 is 28.2 Å². The van der Waals surface area contributed by atoms with E-state index in [0.717, 1.165) is 5.56 Å². The van der Waals surface area contributed by atoms with E-state index < -0.39 is 11.8 Å². The number of ether oxygens (including phenoxy) is 3. The summed E-state index contributed by atoms with van der Waals surface area (Å²) in [6, 6.07) is 19.1. The number of methoxy groups -OCH3 is 2. The Bertz CT molecular complexity index is 1570. The van der Waals surface area contributed by atoms with Gasteiger partial charge < -0.3 is 23.9 Å². The highest BCUT2D eigenvalue weighted by atomic mass is 35.5. The van der Waals surface area contributed by atoms with Crippen molar-refractivity contribution in [3.63, 3.8) is 0 Å². The van der Waals surface area contributed by atoms with E-state index in [0.29, 0.717) is 47.8 Å². The third-order valence-electron chi connectivity index (χ3n) is 5.81. The molecule has 1 heterocycles. The predicted octanol–water partition coefficient (Wildman–Crippen LogP) is 4.72. The molecule has 0 saturated carbocycles. The molecular formula is C29H28ClN3O6. The molecule has 2 amide bonds. The molecule has 202 valence electrons. The van der Waals surface area contributed by atoms with Crippen LogP contribution in [0.4, 0.5) is 0 Å². The highest BCUT2D eigenvalue weighted by molar-refractivity contribution is 6.33. The maximum absolute atomic E-state index is 13.3. The van der Waals surface area contributed by atoms with Crippen molar-refractivity contribution in [2.24, 2.45) is 5.10 Å². The Labute approximate surface area is 230 Å². The molecule has 0 aliphatic heterocycles. The van der Waals surface area contributed by atoms with E-state index in [1.165, 1.54) is 0 Å². The first-order valence-corrected chi connectivity index (χ1v) is 12.6. The molecule has 0 bridgehead atoms. The predicted molar refractivity (Wildman–Crippen MR) is 147 cm³/mol. The van der Waals surface area contributed by atoms with Crippen molar-refractivity contribution in [3.8, 4) is 17.2 Å². The number of halogens is 1. The summed E-state index contributed by atoms with van der Waals surface area (Å²) >= 11 is 6.14. The molecule has 0 unspecified atom stereocenters. The summed E-state index contributed by atoms with van der Waals surface area (Å²) in [6.07, 6.45) is 0.543. The number of carbonyl (C=O) groups is 2. The Morgan fingerprint density at radius 1 is 0.897 bits per heavy atom. The van der Waals surface area contributed by atoms with Gasteiger partial charge in [-0.15, -0.1) is 5.10 Å². The lowest BCUT2D eigenvalue weighted by Crippen LogP contribution is -2.32. The molecule has 0 aliphatic rings.